The third-order valence-corrected chi connectivity index (χ3v) is 5.09. The fraction of sp³-hybridized carbons (Fsp3) is 0.167. The van der Waals surface area contributed by atoms with E-state index < -0.39 is 0 Å². The normalized spacial score (nSPS) is 12.4. The number of hydrogen-bond donors (Lipinski definition) is 2. The molecule has 0 bridgehead atoms. The molecule has 0 heterocycles. The molecular weight excluding hydrogens is 348 g/mol. The highest BCUT2D eigenvalue weighted by atomic mass is 16.1. The van der Waals surface area contributed by atoms with Gasteiger partial charge in [-0.3, -0.25) is 9.59 Å². The van der Waals surface area contributed by atoms with E-state index in [1.165, 1.54) is 5.56 Å². The first kappa shape index (κ1) is 18.0. The van der Waals surface area contributed by atoms with Crippen molar-refractivity contribution >= 4 is 28.6 Å². The van der Waals surface area contributed by atoms with Crippen molar-refractivity contribution in [3.8, 4) is 0 Å². The quantitative estimate of drug-likeness (QED) is 0.507. The van der Waals surface area contributed by atoms with Crippen LogP contribution >= 0.6 is 0 Å². The molecule has 0 atom stereocenters. The monoisotopic (exact) mass is 370 g/mol. The summed E-state index contributed by atoms with van der Waals surface area (Å²) in [5.74, 6) is -0.257. The van der Waals surface area contributed by atoms with Crippen LogP contribution in [0.5, 0.6) is 0 Å². The lowest BCUT2D eigenvalue weighted by Gasteiger charge is -2.23. The third kappa shape index (κ3) is 2.97. The van der Waals surface area contributed by atoms with Crippen molar-refractivity contribution in [2.45, 2.75) is 19.8 Å². The van der Waals surface area contributed by atoms with Gasteiger partial charge in [0.25, 0.3) is 0 Å². The summed E-state index contributed by atoms with van der Waals surface area (Å²) in [6.07, 6.45) is 2.07. The standard InChI is InChI=1S/C24H22N2O2/c1-3-7-15-8-6-9-16(14-15)26-20-13-12-19(25-2)21-22(20)24(28)18-11-5-4-10-17(18)23(21)27/h4-6,8-14,25-26H,3,7H2,1-2H3. The molecule has 0 saturated heterocycles. The number of carbonyl (C=O) groups excluding carboxylic acids is 2. The van der Waals surface area contributed by atoms with Gasteiger partial charge < -0.3 is 10.6 Å². The second kappa shape index (κ2) is 7.31. The van der Waals surface area contributed by atoms with Gasteiger partial charge in [-0.15, -0.1) is 0 Å². The summed E-state index contributed by atoms with van der Waals surface area (Å²) >= 11 is 0. The van der Waals surface area contributed by atoms with E-state index in [2.05, 4.69) is 29.7 Å². The minimum Gasteiger partial charge on any atom is -0.388 e. The molecule has 0 fully saturated rings. The molecule has 0 aromatic heterocycles. The molecule has 0 saturated carbocycles. The first-order valence-corrected chi connectivity index (χ1v) is 9.53. The van der Waals surface area contributed by atoms with Gasteiger partial charge >= 0.3 is 0 Å². The van der Waals surface area contributed by atoms with E-state index in [0.717, 1.165) is 18.5 Å². The first-order chi connectivity index (χ1) is 13.6. The number of aryl methyl sites for hydroxylation is 1. The van der Waals surface area contributed by atoms with E-state index in [0.29, 0.717) is 33.6 Å². The summed E-state index contributed by atoms with van der Waals surface area (Å²) < 4.78 is 0. The van der Waals surface area contributed by atoms with Crippen molar-refractivity contribution in [3.05, 3.63) is 88.5 Å². The number of anilines is 3. The molecule has 2 N–H and O–H groups in total. The summed E-state index contributed by atoms with van der Waals surface area (Å²) in [4.78, 5) is 26.4. The second-order valence-electron chi connectivity index (χ2n) is 6.94. The van der Waals surface area contributed by atoms with E-state index >= 15 is 0 Å². The van der Waals surface area contributed by atoms with Crippen LogP contribution in [0.4, 0.5) is 17.1 Å². The van der Waals surface area contributed by atoms with E-state index in [4.69, 9.17) is 0 Å². The Labute approximate surface area is 164 Å². The molecule has 3 aromatic rings. The number of carbonyl (C=O) groups is 2. The number of ketones is 2. The highest BCUT2D eigenvalue weighted by molar-refractivity contribution is 6.32. The van der Waals surface area contributed by atoms with Crippen LogP contribution in [0, 0.1) is 0 Å². The summed E-state index contributed by atoms with van der Waals surface area (Å²) in [7, 11) is 1.76. The van der Waals surface area contributed by atoms with Gasteiger partial charge in [0.05, 0.1) is 16.8 Å². The Kier molecular flexibility index (Phi) is 4.70. The maximum atomic E-state index is 13.3. The minimum atomic E-state index is -0.130. The van der Waals surface area contributed by atoms with Gasteiger partial charge in [0.15, 0.2) is 11.6 Å². The van der Waals surface area contributed by atoms with Crippen molar-refractivity contribution in [1.82, 2.24) is 0 Å². The molecule has 0 aliphatic heterocycles. The van der Waals surface area contributed by atoms with Gasteiger partial charge in [0.2, 0.25) is 0 Å². The zero-order valence-electron chi connectivity index (χ0n) is 16.0. The highest BCUT2D eigenvalue weighted by Gasteiger charge is 2.33. The Morgan fingerprint density at radius 2 is 1.43 bits per heavy atom. The van der Waals surface area contributed by atoms with Crippen molar-refractivity contribution < 1.29 is 9.59 Å². The van der Waals surface area contributed by atoms with Crippen molar-refractivity contribution in [2.75, 3.05) is 17.7 Å². The van der Waals surface area contributed by atoms with Gasteiger partial charge in [-0.05, 0) is 36.2 Å². The van der Waals surface area contributed by atoms with Crippen LogP contribution in [-0.4, -0.2) is 18.6 Å². The first-order valence-electron chi connectivity index (χ1n) is 9.53. The molecule has 140 valence electrons. The Balaban J connectivity index is 1.84. The Hall–Kier alpha value is -3.40. The van der Waals surface area contributed by atoms with Crippen LogP contribution in [0.1, 0.15) is 50.8 Å². The van der Waals surface area contributed by atoms with Crippen LogP contribution < -0.4 is 10.6 Å². The van der Waals surface area contributed by atoms with Crippen LogP contribution in [-0.2, 0) is 6.42 Å². The minimum absolute atomic E-state index is 0.127. The van der Waals surface area contributed by atoms with Crippen molar-refractivity contribution in [1.29, 1.82) is 0 Å². The number of benzene rings is 3. The lowest BCUT2D eigenvalue weighted by atomic mass is 9.82. The van der Waals surface area contributed by atoms with Crippen LogP contribution in [0.15, 0.2) is 60.7 Å². The Morgan fingerprint density at radius 3 is 2.07 bits per heavy atom. The summed E-state index contributed by atoms with van der Waals surface area (Å²) in [6, 6.07) is 18.9. The SMILES string of the molecule is CCCc1cccc(Nc2ccc(NC)c3c2C(=O)c2ccccc2C3=O)c1. The fourth-order valence-corrected chi connectivity index (χ4v) is 3.78. The number of nitrogens with one attached hydrogen (secondary N) is 2. The lowest BCUT2D eigenvalue weighted by Crippen LogP contribution is -2.23. The van der Waals surface area contributed by atoms with E-state index in [9.17, 15) is 9.59 Å². The second-order valence-corrected chi connectivity index (χ2v) is 6.94. The predicted molar refractivity (Wildman–Crippen MR) is 113 cm³/mol. The van der Waals surface area contributed by atoms with Gasteiger partial charge in [-0.25, -0.2) is 0 Å². The zero-order valence-corrected chi connectivity index (χ0v) is 16.0. The number of rotatable bonds is 5. The van der Waals surface area contributed by atoms with Gasteiger partial charge in [-0.2, -0.15) is 0 Å². The zero-order chi connectivity index (χ0) is 19.7. The number of hydrogen-bond acceptors (Lipinski definition) is 4. The molecule has 0 radical (unpaired) electrons. The Morgan fingerprint density at radius 1 is 0.786 bits per heavy atom. The largest absolute Gasteiger partial charge is 0.388 e. The third-order valence-electron chi connectivity index (χ3n) is 5.09. The molecule has 4 nitrogen and oxygen atoms in total. The lowest BCUT2D eigenvalue weighted by molar-refractivity contribution is 0.0980. The van der Waals surface area contributed by atoms with Crippen molar-refractivity contribution in [2.24, 2.45) is 0 Å². The van der Waals surface area contributed by atoms with E-state index in [1.807, 2.05) is 24.3 Å². The number of fused-ring (bicyclic) bond motifs is 2. The molecule has 0 amide bonds. The predicted octanol–water partition coefficient (Wildman–Crippen LogP) is 5.20. The van der Waals surface area contributed by atoms with Crippen molar-refractivity contribution in [3.63, 3.8) is 0 Å². The molecule has 0 unspecified atom stereocenters. The smallest absolute Gasteiger partial charge is 0.196 e. The van der Waals surface area contributed by atoms with E-state index in [-0.39, 0.29) is 11.6 Å². The van der Waals surface area contributed by atoms with Gasteiger partial charge in [0, 0.05) is 29.5 Å². The highest BCUT2D eigenvalue weighted by Crippen LogP contribution is 2.37. The Bertz CT molecular complexity index is 1090. The molecular formula is C24H22N2O2. The summed E-state index contributed by atoms with van der Waals surface area (Å²) in [6.45, 7) is 2.15. The average molecular weight is 370 g/mol. The average Bonchev–Trinajstić information content (AvgIpc) is 2.72. The van der Waals surface area contributed by atoms with Gasteiger partial charge in [-0.1, -0.05) is 49.7 Å². The summed E-state index contributed by atoms with van der Waals surface area (Å²) in [5, 5.41) is 6.42. The van der Waals surface area contributed by atoms with Crippen LogP contribution in [0.2, 0.25) is 0 Å². The maximum Gasteiger partial charge on any atom is 0.196 e. The molecule has 28 heavy (non-hydrogen) atoms. The molecule has 0 spiro atoms. The topological polar surface area (TPSA) is 58.2 Å². The van der Waals surface area contributed by atoms with Crippen LogP contribution in [0.25, 0.3) is 0 Å². The molecule has 4 rings (SSSR count). The fourth-order valence-electron chi connectivity index (χ4n) is 3.78. The molecule has 1 aliphatic carbocycles. The van der Waals surface area contributed by atoms with E-state index in [1.54, 1.807) is 31.3 Å². The summed E-state index contributed by atoms with van der Waals surface area (Å²) in [5.41, 5.74) is 5.22. The van der Waals surface area contributed by atoms with Gasteiger partial charge in [0.1, 0.15) is 0 Å². The maximum absolute atomic E-state index is 13.3. The van der Waals surface area contributed by atoms with Crippen LogP contribution in [0.3, 0.4) is 0 Å². The molecule has 4 heteroatoms. The molecule has 1 aliphatic rings. The molecule has 3 aromatic carbocycles.